The summed E-state index contributed by atoms with van der Waals surface area (Å²) in [7, 11) is 1.61. The zero-order chi connectivity index (χ0) is 19.6. The zero-order valence-electron chi connectivity index (χ0n) is 16.1. The van der Waals surface area contributed by atoms with Gasteiger partial charge in [-0.05, 0) is 42.6 Å². The lowest BCUT2D eigenvalue weighted by molar-refractivity contribution is -0.118. The van der Waals surface area contributed by atoms with Crippen molar-refractivity contribution in [2.75, 3.05) is 19.0 Å². The van der Waals surface area contributed by atoms with Gasteiger partial charge in [-0.25, -0.2) is 0 Å². The number of amides is 1. The number of hydrogen-bond donors (Lipinski definition) is 2. The standard InChI is InChI=1S/C24H26N2O2/c1-28-22-16-8-15-21(18-22)26-24(27)23(20-13-6-3-7-14-20)25-17-9-12-19-10-4-2-5-11-19/h2-8,10-11,13-16,18,23,25H,9,12,17H2,1H3,(H,26,27)/t23-/m1/s1. The van der Waals surface area contributed by atoms with Gasteiger partial charge in [0.2, 0.25) is 5.91 Å². The van der Waals surface area contributed by atoms with Gasteiger partial charge in [-0.2, -0.15) is 0 Å². The van der Waals surface area contributed by atoms with Crippen LogP contribution in [0, 0.1) is 0 Å². The first kappa shape index (κ1) is 19.6. The van der Waals surface area contributed by atoms with Gasteiger partial charge in [0, 0.05) is 11.8 Å². The number of anilines is 1. The lowest BCUT2D eigenvalue weighted by Crippen LogP contribution is -2.33. The summed E-state index contributed by atoms with van der Waals surface area (Å²) in [6.07, 6.45) is 1.94. The Balaban J connectivity index is 1.63. The van der Waals surface area contributed by atoms with E-state index in [1.807, 2.05) is 60.7 Å². The molecule has 1 amide bonds. The van der Waals surface area contributed by atoms with Crippen LogP contribution in [-0.4, -0.2) is 19.6 Å². The van der Waals surface area contributed by atoms with Crippen molar-refractivity contribution in [3.05, 3.63) is 96.1 Å². The maximum atomic E-state index is 13.0. The van der Waals surface area contributed by atoms with Crippen LogP contribution in [0.2, 0.25) is 0 Å². The topological polar surface area (TPSA) is 50.4 Å². The molecule has 0 aliphatic heterocycles. The molecular formula is C24H26N2O2. The fourth-order valence-corrected chi connectivity index (χ4v) is 3.11. The van der Waals surface area contributed by atoms with Gasteiger partial charge in [0.05, 0.1) is 7.11 Å². The molecule has 0 saturated heterocycles. The largest absolute Gasteiger partial charge is 0.497 e. The summed E-state index contributed by atoms with van der Waals surface area (Å²) in [4.78, 5) is 13.0. The maximum absolute atomic E-state index is 13.0. The van der Waals surface area contributed by atoms with Crippen molar-refractivity contribution in [2.45, 2.75) is 18.9 Å². The lowest BCUT2D eigenvalue weighted by atomic mass is 10.1. The summed E-state index contributed by atoms with van der Waals surface area (Å²) in [5, 5.41) is 6.40. The first-order chi connectivity index (χ1) is 13.8. The molecule has 4 nitrogen and oxygen atoms in total. The molecule has 0 radical (unpaired) electrons. The van der Waals surface area contributed by atoms with Crippen LogP contribution in [0.1, 0.15) is 23.6 Å². The zero-order valence-corrected chi connectivity index (χ0v) is 16.1. The average molecular weight is 374 g/mol. The van der Waals surface area contributed by atoms with Crippen LogP contribution in [-0.2, 0) is 11.2 Å². The Morgan fingerprint density at radius 3 is 2.36 bits per heavy atom. The second-order valence-corrected chi connectivity index (χ2v) is 6.61. The molecular weight excluding hydrogens is 348 g/mol. The van der Waals surface area contributed by atoms with E-state index in [1.165, 1.54) is 5.56 Å². The molecule has 0 saturated carbocycles. The fourth-order valence-electron chi connectivity index (χ4n) is 3.11. The summed E-state index contributed by atoms with van der Waals surface area (Å²) < 4.78 is 5.24. The molecule has 0 spiro atoms. The van der Waals surface area contributed by atoms with Crippen molar-refractivity contribution in [1.82, 2.24) is 5.32 Å². The highest BCUT2D eigenvalue weighted by atomic mass is 16.5. The maximum Gasteiger partial charge on any atom is 0.246 e. The number of aryl methyl sites for hydroxylation is 1. The predicted molar refractivity (Wildman–Crippen MR) is 114 cm³/mol. The second-order valence-electron chi connectivity index (χ2n) is 6.61. The van der Waals surface area contributed by atoms with E-state index in [-0.39, 0.29) is 5.91 Å². The molecule has 144 valence electrons. The van der Waals surface area contributed by atoms with Crippen LogP contribution in [0.15, 0.2) is 84.9 Å². The first-order valence-electron chi connectivity index (χ1n) is 9.53. The van der Waals surface area contributed by atoms with Crippen molar-refractivity contribution < 1.29 is 9.53 Å². The predicted octanol–water partition coefficient (Wildman–Crippen LogP) is 4.60. The number of benzene rings is 3. The quantitative estimate of drug-likeness (QED) is 0.538. The van der Waals surface area contributed by atoms with Gasteiger partial charge in [0.15, 0.2) is 0 Å². The van der Waals surface area contributed by atoms with Crippen LogP contribution in [0.3, 0.4) is 0 Å². The van der Waals surface area contributed by atoms with Crippen molar-refractivity contribution in [3.63, 3.8) is 0 Å². The Hall–Kier alpha value is -3.11. The van der Waals surface area contributed by atoms with Gasteiger partial charge >= 0.3 is 0 Å². The van der Waals surface area contributed by atoms with Gasteiger partial charge in [0.25, 0.3) is 0 Å². The van der Waals surface area contributed by atoms with E-state index in [0.29, 0.717) is 5.75 Å². The van der Waals surface area contributed by atoms with E-state index < -0.39 is 6.04 Å². The summed E-state index contributed by atoms with van der Waals surface area (Å²) in [6, 6.07) is 27.2. The van der Waals surface area contributed by atoms with Crippen LogP contribution in [0.25, 0.3) is 0 Å². The number of ether oxygens (including phenoxy) is 1. The van der Waals surface area contributed by atoms with E-state index in [9.17, 15) is 4.79 Å². The first-order valence-corrected chi connectivity index (χ1v) is 9.53. The molecule has 3 aromatic carbocycles. The number of nitrogens with one attached hydrogen (secondary N) is 2. The van der Waals surface area contributed by atoms with Crippen molar-refractivity contribution in [2.24, 2.45) is 0 Å². The smallest absolute Gasteiger partial charge is 0.246 e. The highest BCUT2D eigenvalue weighted by Gasteiger charge is 2.20. The number of methoxy groups -OCH3 is 1. The molecule has 0 aromatic heterocycles. The van der Waals surface area contributed by atoms with Gasteiger partial charge < -0.3 is 15.4 Å². The molecule has 0 fully saturated rings. The van der Waals surface area contributed by atoms with Crippen molar-refractivity contribution >= 4 is 11.6 Å². The van der Waals surface area contributed by atoms with Gasteiger partial charge in [-0.3, -0.25) is 4.79 Å². The Morgan fingerprint density at radius 1 is 0.929 bits per heavy atom. The SMILES string of the molecule is COc1cccc(NC(=O)[C@H](NCCCc2ccccc2)c2ccccc2)c1. The Morgan fingerprint density at radius 2 is 1.64 bits per heavy atom. The third-order valence-corrected chi connectivity index (χ3v) is 4.57. The van der Waals surface area contributed by atoms with Crippen LogP contribution in [0.4, 0.5) is 5.69 Å². The molecule has 0 heterocycles. The Labute approximate surface area is 166 Å². The van der Waals surface area contributed by atoms with Gasteiger partial charge in [0.1, 0.15) is 11.8 Å². The van der Waals surface area contributed by atoms with Gasteiger partial charge in [-0.1, -0.05) is 66.7 Å². The van der Waals surface area contributed by atoms with E-state index in [1.54, 1.807) is 7.11 Å². The lowest BCUT2D eigenvalue weighted by Gasteiger charge is -2.19. The monoisotopic (exact) mass is 374 g/mol. The van der Waals surface area contributed by atoms with E-state index in [4.69, 9.17) is 4.74 Å². The minimum absolute atomic E-state index is 0.0841. The number of hydrogen-bond acceptors (Lipinski definition) is 3. The van der Waals surface area contributed by atoms with Crippen LogP contribution in [0.5, 0.6) is 5.75 Å². The summed E-state index contributed by atoms with van der Waals surface area (Å²) >= 11 is 0. The highest BCUT2D eigenvalue weighted by Crippen LogP contribution is 2.20. The van der Waals surface area contributed by atoms with Crippen molar-refractivity contribution in [1.29, 1.82) is 0 Å². The fraction of sp³-hybridized carbons (Fsp3) is 0.208. The van der Waals surface area contributed by atoms with E-state index in [0.717, 1.165) is 30.6 Å². The van der Waals surface area contributed by atoms with E-state index in [2.05, 4.69) is 34.9 Å². The summed E-state index contributed by atoms with van der Waals surface area (Å²) in [6.45, 7) is 0.750. The molecule has 3 rings (SSSR count). The average Bonchev–Trinajstić information content (AvgIpc) is 2.75. The van der Waals surface area contributed by atoms with Gasteiger partial charge in [-0.15, -0.1) is 0 Å². The minimum Gasteiger partial charge on any atom is -0.497 e. The Kier molecular flexibility index (Phi) is 7.21. The third-order valence-electron chi connectivity index (χ3n) is 4.57. The normalized spacial score (nSPS) is 11.6. The molecule has 0 aliphatic rings. The molecule has 1 atom stereocenters. The molecule has 0 bridgehead atoms. The molecule has 28 heavy (non-hydrogen) atoms. The van der Waals surface area contributed by atoms with Crippen LogP contribution >= 0.6 is 0 Å². The highest BCUT2D eigenvalue weighted by molar-refractivity contribution is 5.95. The summed E-state index contributed by atoms with van der Waals surface area (Å²) in [5.41, 5.74) is 2.97. The molecule has 2 N–H and O–H groups in total. The third kappa shape index (κ3) is 5.69. The number of carbonyl (C=O) groups is 1. The molecule has 0 aliphatic carbocycles. The minimum atomic E-state index is -0.414. The number of rotatable bonds is 9. The number of carbonyl (C=O) groups excluding carboxylic acids is 1. The second kappa shape index (κ2) is 10.3. The molecule has 3 aromatic rings. The Bertz CT molecular complexity index is 866. The molecule has 0 unspecified atom stereocenters. The van der Waals surface area contributed by atoms with Crippen molar-refractivity contribution in [3.8, 4) is 5.75 Å². The molecule has 4 heteroatoms. The van der Waals surface area contributed by atoms with Crippen LogP contribution < -0.4 is 15.4 Å². The van der Waals surface area contributed by atoms with E-state index >= 15 is 0 Å². The summed E-state index contributed by atoms with van der Waals surface area (Å²) in [5.74, 6) is 0.629.